The van der Waals surface area contributed by atoms with Crippen LogP contribution in [-0.2, 0) is 14.3 Å². The van der Waals surface area contributed by atoms with Gasteiger partial charge in [-0.25, -0.2) is 4.99 Å². The van der Waals surface area contributed by atoms with E-state index in [2.05, 4.69) is 11.4 Å². The van der Waals surface area contributed by atoms with Crippen LogP contribution in [0.3, 0.4) is 0 Å². The van der Waals surface area contributed by atoms with Gasteiger partial charge in [0.25, 0.3) is 0 Å². The molecule has 1 saturated heterocycles. The molecule has 1 heterocycles. The molecule has 0 aliphatic carbocycles. The molecule has 2 aromatic rings. The first-order chi connectivity index (χ1) is 14.4. The quantitative estimate of drug-likeness (QED) is 0.678. The summed E-state index contributed by atoms with van der Waals surface area (Å²) in [6.45, 7) is 4.80. The first-order valence-corrected chi connectivity index (χ1v) is 10.8. The van der Waals surface area contributed by atoms with E-state index < -0.39 is 5.25 Å². The van der Waals surface area contributed by atoms with Crippen LogP contribution in [0.4, 0.5) is 11.4 Å². The molecule has 0 bridgehead atoms. The zero-order chi connectivity index (χ0) is 21.7. The van der Waals surface area contributed by atoms with Gasteiger partial charge in [0, 0.05) is 24.2 Å². The van der Waals surface area contributed by atoms with Crippen molar-refractivity contribution in [1.82, 2.24) is 4.90 Å². The molecular weight excluding hydrogens is 422 g/mol. The maximum Gasteiger partial charge on any atom is 0.242 e. The fourth-order valence-electron chi connectivity index (χ4n) is 3.15. The number of hydrogen-bond donors (Lipinski definition) is 1. The van der Waals surface area contributed by atoms with Crippen LogP contribution in [0.25, 0.3) is 0 Å². The highest BCUT2D eigenvalue weighted by Crippen LogP contribution is 2.32. The molecule has 0 saturated carbocycles. The van der Waals surface area contributed by atoms with Crippen molar-refractivity contribution in [1.29, 1.82) is 0 Å². The summed E-state index contributed by atoms with van der Waals surface area (Å²) in [4.78, 5) is 31.7. The average Bonchev–Trinajstić information content (AvgIpc) is 2.95. The summed E-state index contributed by atoms with van der Waals surface area (Å²) in [5.74, 6) is -0.367. The van der Waals surface area contributed by atoms with Crippen molar-refractivity contribution in [2.45, 2.75) is 25.5 Å². The molecule has 30 heavy (non-hydrogen) atoms. The SMILES string of the molecule is COCCN1C(=O)C(CC(=O)Nc2ccc(Cl)cc2)SC1=Nc1cc(C)cc(C)c1. The van der Waals surface area contributed by atoms with E-state index >= 15 is 0 Å². The van der Waals surface area contributed by atoms with Crippen LogP contribution < -0.4 is 5.32 Å². The Bertz CT molecular complexity index is 942. The number of nitrogens with one attached hydrogen (secondary N) is 1. The van der Waals surface area contributed by atoms with Crippen molar-refractivity contribution in [3.8, 4) is 0 Å². The number of amides is 2. The minimum absolute atomic E-state index is 0.0570. The van der Waals surface area contributed by atoms with Gasteiger partial charge in [-0.3, -0.25) is 14.5 Å². The predicted octanol–water partition coefficient (Wildman–Crippen LogP) is 4.56. The minimum atomic E-state index is -0.529. The molecule has 0 radical (unpaired) electrons. The molecule has 2 amide bonds. The van der Waals surface area contributed by atoms with E-state index in [9.17, 15) is 9.59 Å². The number of benzene rings is 2. The van der Waals surface area contributed by atoms with Gasteiger partial charge in [0.05, 0.1) is 18.8 Å². The van der Waals surface area contributed by atoms with Gasteiger partial charge in [-0.1, -0.05) is 29.4 Å². The maximum absolute atomic E-state index is 12.9. The normalized spacial score (nSPS) is 17.6. The van der Waals surface area contributed by atoms with Gasteiger partial charge in [0.1, 0.15) is 5.25 Å². The molecule has 1 N–H and O–H groups in total. The van der Waals surface area contributed by atoms with Gasteiger partial charge in [-0.2, -0.15) is 0 Å². The molecule has 0 spiro atoms. The summed E-state index contributed by atoms with van der Waals surface area (Å²) in [7, 11) is 1.59. The first-order valence-electron chi connectivity index (χ1n) is 9.55. The largest absolute Gasteiger partial charge is 0.383 e. The standard InChI is InChI=1S/C22H24ClN3O3S/c1-14-10-15(2)12-18(11-14)25-22-26(8-9-29-3)21(28)19(30-22)13-20(27)24-17-6-4-16(23)5-7-17/h4-7,10-12,19H,8-9,13H2,1-3H3,(H,24,27). The number of ether oxygens (including phenoxy) is 1. The third kappa shape index (κ3) is 5.84. The van der Waals surface area contributed by atoms with Crippen molar-refractivity contribution in [2.75, 3.05) is 25.6 Å². The Labute approximate surface area is 185 Å². The van der Waals surface area contributed by atoms with Gasteiger partial charge < -0.3 is 10.1 Å². The van der Waals surface area contributed by atoms with Gasteiger partial charge in [-0.05, 0) is 61.4 Å². The lowest BCUT2D eigenvalue weighted by molar-refractivity contribution is -0.128. The van der Waals surface area contributed by atoms with E-state index in [1.54, 1.807) is 36.3 Å². The number of hydrogen-bond acceptors (Lipinski definition) is 5. The number of aryl methyl sites for hydroxylation is 2. The molecule has 3 rings (SSSR count). The summed E-state index contributed by atoms with van der Waals surface area (Å²) in [5.41, 5.74) is 3.63. The van der Waals surface area contributed by atoms with Crippen LogP contribution in [0.5, 0.6) is 0 Å². The van der Waals surface area contributed by atoms with Crippen LogP contribution in [0, 0.1) is 13.8 Å². The highest BCUT2D eigenvalue weighted by Gasteiger charge is 2.39. The Morgan fingerprint density at radius 2 is 1.87 bits per heavy atom. The van der Waals surface area contributed by atoms with Gasteiger partial charge in [0.15, 0.2) is 5.17 Å². The number of halogens is 1. The van der Waals surface area contributed by atoms with E-state index in [0.29, 0.717) is 29.0 Å². The van der Waals surface area contributed by atoms with Crippen molar-refractivity contribution in [2.24, 2.45) is 4.99 Å². The van der Waals surface area contributed by atoms with E-state index in [0.717, 1.165) is 16.8 Å². The highest BCUT2D eigenvalue weighted by molar-refractivity contribution is 8.15. The number of carbonyl (C=O) groups is 2. The molecule has 1 unspecified atom stereocenters. The number of amidine groups is 1. The van der Waals surface area contributed by atoms with Crippen molar-refractivity contribution in [3.05, 3.63) is 58.6 Å². The molecule has 158 valence electrons. The summed E-state index contributed by atoms with van der Waals surface area (Å²) in [6.07, 6.45) is 0.0570. The lowest BCUT2D eigenvalue weighted by Gasteiger charge is -2.16. The second-order valence-corrected chi connectivity index (χ2v) is 8.69. The second-order valence-electron chi connectivity index (χ2n) is 7.09. The summed E-state index contributed by atoms with van der Waals surface area (Å²) < 4.78 is 5.15. The molecule has 1 aliphatic heterocycles. The van der Waals surface area contributed by atoms with Crippen LogP contribution >= 0.6 is 23.4 Å². The van der Waals surface area contributed by atoms with Crippen LogP contribution in [-0.4, -0.2) is 47.4 Å². The Morgan fingerprint density at radius 3 is 2.50 bits per heavy atom. The first kappa shape index (κ1) is 22.3. The highest BCUT2D eigenvalue weighted by atomic mass is 35.5. The number of aliphatic imine (C=N–C) groups is 1. The topological polar surface area (TPSA) is 71.0 Å². The Balaban J connectivity index is 1.75. The van der Waals surface area contributed by atoms with E-state index in [1.165, 1.54) is 11.8 Å². The number of methoxy groups -OCH3 is 1. The van der Waals surface area contributed by atoms with E-state index in [4.69, 9.17) is 21.3 Å². The molecule has 6 nitrogen and oxygen atoms in total. The average molecular weight is 446 g/mol. The maximum atomic E-state index is 12.9. The number of thioether (sulfide) groups is 1. The van der Waals surface area contributed by atoms with Crippen molar-refractivity contribution >= 4 is 51.7 Å². The van der Waals surface area contributed by atoms with Crippen LogP contribution in [0.1, 0.15) is 17.5 Å². The fraction of sp³-hybridized carbons (Fsp3) is 0.318. The lowest BCUT2D eigenvalue weighted by atomic mass is 10.1. The van der Waals surface area contributed by atoms with Crippen LogP contribution in [0.2, 0.25) is 5.02 Å². The Kier molecular flexibility index (Phi) is 7.53. The van der Waals surface area contributed by atoms with Crippen molar-refractivity contribution < 1.29 is 14.3 Å². The number of carbonyl (C=O) groups excluding carboxylic acids is 2. The predicted molar refractivity (Wildman–Crippen MR) is 123 cm³/mol. The van der Waals surface area contributed by atoms with E-state index in [1.807, 2.05) is 26.0 Å². The Hall–Kier alpha value is -2.35. The monoisotopic (exact) mass is 445 g/mol. The lowest BCUT2D eigenvalue weighted by Crippen LogP contribution is -2.35. The van der Waals surface area contributed by atoms with Gasteiger partial charge in [0.2, 0.25) is 11.8 Å². The molecule has 8 heteroatoms. The number of rotatable bonds is 7. The van der Waals surface area contributed by atoms with E-state index in [-0.39, 0.29) is 18.2 Å². The zero-order valence-corrected chi connectivity index (χ0v) is 18.7. The third-order valence-corrected chi connectivity index (χ3v) is 5.90. The smallest absolute Gasteiger partial charge is 0.242 e. The molecule has 0 aromatic heterocycles. The second kappa shape index (κ2) is 10.1. The van der Waals surface area contributed by atoms with Crippen molar-refractivity contribution in [3.63, 3.8) is 0 Å². The minimum Gasteiger partial charge on any atom is -0.383 e. The van der Waals surface area contributed by atoms with Gasteiger partial charge >= 0.3 is 0 Å². The Morgan fingerprint density at radius 1 is 1.20 bits per heavy atom. The number of nitrogens with zero attached hydrogens (tertiary/aromatic N) is 2. The molecular formula is C22H24ClN3O3S. The fourth-order valence-corrected chi connectivity index (χ4v) is 4.46. The summed E-state index contributed by atoms with van der Waals surface area (Å²) >= 11 is 7.19. The summed E-state index contributed by atoms with van der Waals surface area (Å²) in [5, 5.41) is 3.46. The third-order valence-electron chi connectivity index (χ3n) is 4.47. The van der Waals surface area contributed by atoms with Crippen LogP contribution in [0.15, 0.2) is 47.5 Å². The number of anilines is 1. The summed E-state index contributed by atoms with van der Waals surface area (Å²) in [6, 6.07) is 12.9. The zero-order valence-electron chi connectivity index (χ0n) is 17.1. The molecule has 2 aromatic carbocycles. The molecule has 1 fully saturated rings. The van der Waals surface area contributed by atoms with Gasteiger partial charge in [-0.15, -0.1) is 0 Å². The molecule has 1 atom stereocenters. The molecule has 1 aliphatic rings.